The standard InChI is InChI=1S/C17H14F3N3O3S/c18-17(19,20)13-3-1-2-4-14(13)22-16(27)23-21-9-11-5-7-12(8-6-11)26-10-15(24)25/h1-9H,10H2,(H,24,25)(H2,22,23,27)/b21-9-. The number of carboxylic acid groups (broad SMARTS) is 1. The SMILES string of the molecule is O=C(O)COc1ccc(/C=N\NC(=S)Nc2ccccc2C(F)(F)F)cc1. The molecule has 0 bridgehead atoms. The van der Waals surface area contributed by atoms with Crippen molar-refractivity contribution in [3.05, 3.63) is 59.7 Å². The molecule has 6 nitrogen and oxygen atoms in total. The maximum atomic E-state index is 12.9. The Labute approximate surface area is 157 Å². The molecule has 0 aromatic heterocycles. The van der Waals surface area contributed by atoms with Gasteiger partial charge < -0.3 is 15.2 Å². The van der Waals surface area contributed by atoms with Crippen LogP contribution in [0.3, 0.4) is 0 Å². The summed E-state index contributed by atoms with van der Waals surface area (Å²) in [5, 5.41) is 14.7. The van der Waals surface area contributed by atoms with Gasteiger partial charge in [-0.05, 0) is 54.2 Å². The number of halogens is 3. The highest BCUT2D eigenvalue weighted by molar-refractivity contribution is 7.80. The molecule has 0 atom stereocenters. The molecule has 0 unspecified atom stereocenters. The van der Waals surface area contributed by atoms with Crippen LogP contribution in [0, 0.1) is 0 Å². The van der Waals surface area contributed by atoms with E-state index in [9.17, 15) is 18.0 Å². The molecule has 3 N–H and O–H groups in total. The van der Waals surface area contributed by atoms with Crippen LogP contribution in [0.5, 0.6) is 5.75 Å². The molecular formula is C17H14F3N3O3S. The first-order valence-electron chi connectivity index (χ1n) is 7.46. The lowest BCUT2D eigenvalue weighted by Gasteiger charge is -2.14. The lowest BCUT2D eigenvalue weighted by molar-refractivity contribution is -0.139. The van der Waals surface area contributed by atoms with Crippen molar-refractivity contribution in [1.29, 1.82) is 0 Å². The second kappa shape index (κ2) is 8.99. The van der Waals surface area contributed by atoms with Gasteiger partial charge in [0.15, 0.2) is 11.7 Å². The van der Waals surface area contributed by atoms with Gasteiger partial charge in [-0.15, -0.1) is 0 Å². The average Bonchev–Trinajstić information content (AvgIpc) is 2.60. The van der Waals surface area contributed by atoms with Crippen LogP contribution in [0.4, 0.5) is 18.9 Å². The summed E-state index contributed by atoms with van der Waals surface area (Å²) in [4.78, 5) is 10.4. The molecule has 2 aromatic carbocycles. The summed E-state index contributed by atoms with van der Waals surface area (Å²) in [6.07, 6.45) is -3.11. The molecule has 27 heavy (non-hydrogen) atoms. The van der Waals surface area contributed by atoms with E-state index in [-0.39, 0.29) is 10.8 Å². The largest absolute Gasteiger partial charge is 0.482 e. The van der Waals surface area contributed by atoms with Crippen molar-refractivity contribution >= 4 is 35.2 Å². The Morgan fingerprint density at radius 1 is 1.19 bits per heavy atom. The number of para-hydroxylation sites is 1. The van der Waals surface area contributed by atoms with E-state index in [1.807, 2.05) is 0 Å². The van der Waals surface area contributed by atoms with E-state index in [2.05, 4.69) is 15.8 Å². The topological polar surface area (TPSA) is 83.0 Å². The third-order valence-corrected chi connectivity index (χ3v) is 3.30. The molecule has 2 rings (SSSR count). The van der Waals surface area contributed by atoms with Gasteiger partial charge in [0.25, 0.3) is 0 Å². The number of nitrogens with zero attached hydrogens (tertiary/aromatic N) is 1. The van der Waals surface area contributed by atoms with Gasteiger partial charge in [0, 0.05) is 0 Å². The van der Waals surface area contributed by atoms with Crippen LogP contribution in [0.15, 0.2) is 53.6 Å². The smallest absolute Gasteiger partial charge is 0.418 e. The summed E-state index contributed by atoms with van der Waals surface area (Å²) in [5.41, 5.74) is 2.05. The third kappa shape index (κ3) is 6.59. The lowest BCUT2D eigenvalue weighted by atomic mass is 10.2. The van der Waals surface area contributed by atoms with Crippen molar-refractivity contribution < 1.29 is 27.8 Å². The van der Waals surface area contributed by atoms with Gasteiger partial charge >= 0.3 is 12.1 Å². The van der Waals surface area contributed by atoms with Gasteiger partial charge in [0.2, 0.25) is 0 Å². The van der Waals surface area contributed by atoms with Crippen LogP contribution < -0.4 is 15.5 Å². The van der Waals surface area contributed by atoms with Crippen molar-refractivity contribution in [2.75, 3.05) is 11.9 Å². The summed E-state index contributed by atoms with van der Waals surface area (Å²) >= 11 is 4.93. The minimum absolute atomic E-state index is 0.107. The molecule has 0 spiro atoms. The van der Waals surface area contributed by atoms with Gasteiger partial charge in [-0.2, -0.15) is 18.3 Å². The number of thiocarbonyl (C=S) groups is 1. The summed E-state index contributed by atoms with van der Waals surface area (Å²) in [6.45, 7) is -0.450. The van der Waals surface area contributed by atoms with Gasteiger partial charge in [-0.25, -0.2) is 4.79 Å². The van der Waals surface area contributed by atoms with Gasteiger partial charge in [-0.1, -0.05) is 12.1 Å². The van der Waals surface area contributed by atoms with Crippen LogP contribution >= 0.6 is 12.2 Å². The third-order valence-electron chi connectivity index (χ3n) is 3.10. The Kier molecular flexibility index (Phi) is 6.72. The van der Waals surface area contributed by atoms with Gasteiger partial charge in [0.1, 0.15) is 5.75 Å². The van der Waals surface area contributed by atoms with E-state index in [1.54, 1.807) is 24.3 Å². The fourth-order valence-electron chi connectivity index (χ4n) is 1.95. The van der Waals surface area contributed by atoms with Gasteiger partial charge in [0.05, 0.1) is 17.5 Å². The highest BCUT2D eigenvalue weighted by atomic mass is 32.1. The Balaban J connectivity index is 1.91. The number of anilines is 1. The number of benzene rings is 2. The monoisotopic (exact) mass is 397 g/mol. The zero-order valence-corrected chi connectivity index (χ0v) is 14.5. The number of carbonyl (C=O) groups is 1. The number of hydrogen-bond donors (Lipinski definition) is 3. The molecule has 2 aromatic rings. The first kappa shape index (κ1) is 20.2. The van der Waals surface area contributed by atoms with Crippen LogP contribution in [0.25, 0.3) is 0 Å². The fourth-order valence-corrected chi connectivity index (χ4v) is 2.11. The summed E-state index contributed by atoms with van der Waals surface area (Å²) in [5.74, 6) is -0.707. The Morgan fingerprint density at radius 3 is 2.48 bits per heavy atom. The zero-order chi connectivity index (χ0) is 19.9. The molecule has 142 valence electrons. The normalized spacial score (nSPS) is 11.2. The van der Waals surface area contributed by atoms with E-state index >= 15 is 0 Å². The summed E-state index contributed by atoms with van der Waals surface area (Å²) in [7, 11) is 0. The lowest BCUT2D eigenvalue weighted by Crippen LogP contribution is -2.25. The molecule has 0 amide bonds. The quantitative estimate of drug-likeness (QED) is 0.393. The molecule has 0 radical (unpaired) electrons. The summed E-state index contributed by atoms with van der Waals surface area (Å²) in [6, 6.07) is 11.3. The fraction of sp³-hybridized carbons (Fsp3) is 0.118. The molecule has 0 saturated carbocycles. The molecule has 0 fully saturated rings. The van der Waals surface area contributed by atoms with Crippen LogP contribution in [0.1, 0.15) is 11.1 Å². The van der Waals surface area contributed by atoms with E-state index < -0.39 is 24.3 Å². The number of alkyl halides is 3. The number of rotatable bonds is 6. The second-order valence-corrected chi connectivity index (χ2v) is 5.53. The second-order valence-electron chi connectivity index (χ2n) is 5.12. The number of ether oxygens (including phenoxy) is 1. The van der Waals surface area contributed by atoms with Crippen LogP contribution in [-0.4, -0.2) is 29.0 Å². The molecule has 0 aliphatic carbocycles. The van der Waals surface area contributed by atoms with E-state index in [1.165, 1.54) is 24.4 Å². The maximum absolute atomic E-state index is 12.9. The Morgan fingerprint density at radius 2 is 1.85 bits per heavy atom. The van der Waals surface area contributed by atoms with Crippen molar-refractivity contribution in [2.24, 2.45) is 5.10 Å². The minimum Gasteiger partial charge on any atom is -0.482 e. The maximum Gasteiger partial charge on any atom is 0.418 e. The van der Waals surface area contributed by atoms with E-state index in [0.29, 0.717) is 11.3 Å². The molecule has 0 heterocycles. The van der Waals surface area contributed by atoms with E-state index in [0.717, 1.165) is 6.07 Å². The number of aliphatic carboxylic acids is 1. The molecular weight excluding hydrogens is 383 g/mol. The number of hydrogen-bond acceptors (Lipinski definition) is 4. The number of carboxylic acids is 1. The van der Waals surface area contributed by atoms with E-state index in [4.69, 9.17) is 22.1 Å². The highest BCUT2D eigenvalue weighted by Crippen LogP contribution is 2.34. The first-order valence-corrected chi connectivity index (χ1v) is 7.87. The number of nitrogens with one attached hydrogen (secondary N) is 2. The zero-order valence-electron chi connectivity index (χ0n) is 13.7. The predicted octanol–water partition coefficient (Wildman–Crippen LogP) is 3.49. The predicted molar refractivity (Wildman–Crippen MR) is 98.0 cm³/mol. The van der Waals surface area contributed by atoms with Crippen LogP contribution in [0.2, 0.25) is 0 Å². The molecule has 0 aliphatic heterocycles. The Bertz CT molecular complexity index is 839. The van der Waals surface area contributed by atoms with Crippen molar-refractivity contribution in [1.82, 2.24) is 5.43 Å². The highest BCUT2D eigenvalue weighted by Gasteiger charge is 2.33. The minimum atomic E-state index is -4.51. The molecule has 0 aliphatic rings. The first-order chi connectivity index (χ1) is 12.8. The Hall–Kier alpha value is -3.14. The van der Waals surface area contributed by atoms with Crippen molar-refractivity contribution in [3.63, 3.8) is 0 Å². The summed E-state index contributed by atoms with van der Waals surface area (Å²) < 4.78 is 43.8. The van der Waals surface area contributed by atoms with Gasteiger partial charge in [-0.3, -0.25) is 5.43 Å². The molecule has 0 saturated heterocycles. The number of hydrazone groups is 1. The molecule has 10 heteroatoms. The van der Waals surface area contributed by atoms with Crippen molar-refractivity contribution in [3.8, 4) is 5.75 Å². The average molecular weight is 397 g/mol. The van der Waals surface area contributed by atoms with Crippen molar-refractivity contribution in [2.45, 2.75) is 6.18 Å². The van der Waals surface area contributed by atoms with Crippen LogP contribution in [-0.2, 0) is 11.0 Å².